The number of aromatic hydroxyl groups is 1. The van der Waals surface area contributed by atoms with Crippen LogP contribution in [0.4, 0.5) is 5.69 Å². The van der Waals surface area contributed by atoms with Gasteiger partial charge >= 0.3 is 0 Å². The number of carbonyl (C=O) groups is 4. The van der Waals surface area contributed by atoms with Gasteiger partial charge in [0, 0.05) is 17.0 Å². The topological polar surface area (TPSA) is 116 Å². The molecular formula is C39H37Cl2N3O6. The normalized spacial score (nSPS) is 29.4. The van der Waals surface area contributed by atoms with Crippen LogP contribution in [0.25, 0.3) is 0 Å². The third kappa shape index (κ3) is 4.88. The van der Waals surface area contributed by atoms with Crippen LogP contribution in [0.15, 0.2) is 78.4 Å². The van der Waals surface area contributed by atoms with E-state index in [4.69, 9.17) is 27.9 Å². The average molecular weight is 715 g/mol. The minimum atomic E-state index is -1.48. The highest BCUT2D eigenvalue weighted by Gasteiger charge is 2.70. The summed E-state index contributed by atoms with van der Waals surface area (Å²) in [5, 5.41) is 12.5. The molecule has 5 aliphatic rings. The molecule has 6 atom stereocenters. The van der Waals surface area contributed by atoms with Crippen molar-refractivity contribution in [1.29, 1.82) is 0 Å². The van der Waals surface area contributed by atoms with Crippen LogP contribution in [0.3, 0.4) is 0 Å². The maximum Gasteiger partial charge on any atom is 0.260 e. The zero-order chi connectivity index (χ0) is 34.9. The largest absolute Gasteiger partial charge is 0.508 e. The maximum absolute atomic E-state index is 15.3. The van der Waals surface area contributed by atoms with Crippen molar-refractivity contribution < 1.29 is 29.0 Å². The number of ether oxygens (including phenoxy) is 1. The molecule has 0 aromatic heterocycles. The first-order chi connectivity index (χ1) is 24.1. The van der Waals surface area contributed by atoms with Gasteiger partial charge < -0.3 is 9.84 Å². The Labute approximate surface area is 300 Å². The molecule has 4 amide bonds. The number of hydrogen-bond acceptors (Lipinski definition) is 7. The van der Waals surface area contributed by atoms with E-state index in [0.29, 0.717) is 34.0 Å². The Bertz CT molecular complexity index is 1940. The molecule has 0 radical (unpaired) electrons. The third-order valence-electron chi connectivity index (χ3n) is 11.8. The molecule has 2 heterocycles. The zero-order valence-electron chi connectivity index (χ0n) is 27.5. The molecular weight excluding hydrogens is 677 g/mol. The van der Waals surface area contributed by atoms with Crippen LogP contribution in [-0.4, -0.2) is 51.8 Å². The fourth-order valence-electron chi connectivity index (χ4n) is 9.65. The lowest BCUT2D eigenvalue weighted by Gasteiger charge is -2.50. The number of methoxy groups -OCH3 is 1. The molecule has 4 fully saturated rings. The smallest absolute Gasteiger partial charge is 0.260 e. The van der Waals surface area contributed by atoms with E-state index in [0.717, 1.165) is 42.7 Å². The van der Waals surface area contributed by atoms with E-state index in [2.05, 4.69) is 5.43 Å². The number of anilines is 1. The number of likely N-dealkylation sites (tertiary alicyclic amines) is 1. The second-order valence-corrected chi connectivity index (χ2v) is 15.0. The van der Waals surface area contributed by atoms with Gasteiger partial charge in [0.05, 0.1) is 41.0 Å². The Morgan fingerprint density at radius 1 is 0.880 bits per heavy atom. The standard InChI is InChI=1S/C39H37Cl2N3O6/c1-50-26-13-10-22(11-14-26)39-30(36(47)44(38(39)49)42-32-17-12-23(40)19-31(32)41)20-29-27(34(39)21-6-5-9-25(45)18-21)15-16-28-33(29)37(48)43(35(28)46)24-7-3-2-4-8-24/h5-6,9-15,17-19,24,28-30,33-34,42,45H,2-4,7-8,16,20H2,1H3/t28-,29+,30-,33-,34-,39+/m0/s1. The van der Waals surface area contributed by atoms with E-state index in [1.165, 1.54) is 11.0 Å². The summed E-state index contributed by atoms with van der Waals surface area (Å²) in [6.45, 7) is 0. The van der Waals surface area contributed by atoms with Crippen molar-refractivity contribution in [1.82, 2.24) is 9.91 Å². The Balaban J connectivity index is 1.31. The predicted octanol–water partition coefficient (Wildman–Crippen LogP) is 7.03. The maximum atomic E-state index is 15.3. The Kier molecular flexibility index (Phi) is 8.18. The molecule has 50 heavy (non-hydrogen) atoms. The van der Waals surface area contributed by atoms with Crippen molar-refractivity contribution in [2.24, 2.45) is 23.7 Å². The number of fused-ring (bicyclic) bond motifs is 4. The average Bonchev–Trinajstić information content (AvgIpc) is 3.50. The van der Waals surface area contributed by atoms with Gasteiger partial charge in [-0.15, -0.1) is 0 Å². The molecule has 3 aromatic carbocycles. The lowest BCUT2D eigenvalue weighted by Crippen LogP contribution is -2.53. The first kappa shape index (κ1) is 32.8. The summed E-state index contributed by atoms with van der Waals surface area (Å²) in [7, 11) is 1.56. The summed E-state index contributed by atoms with van der Waals surface area (Å²) in [4.78, 5) is 60.1. The number of phenolic OH excluding ortho intramolecular Hbond substituents is 1. The summed E-state index contributed by atoms with van der Waals surface area (Å²) >= 11 is 12.7. The van der Waals surface area contributed by atoms with E-state index in [-0.39, 0.29) is 35.0 Å². The zero-order valence-corrected chi connectivity index (χ0v) is 29.0. The lowest BCUT2D eigenvalue weighted by atomic mass is 9.49. The summed E-state index contributed by atoms with van der Waals surface area (Å²) in [5.74, 6) is -3.98. The number of hydrogen-bond donors (Lipinski definition) is 2. The van der Waals surface area contributed by atoms with Gasteiger partial charge in [-0.1, -0.05) is 78.4 Å². The van der Waals surface area contributed by atoms with E-state index >= 15 is 4.79 Å². The highest BCUT2D eigenvalue weighted by molar-refractivity contribution is 6.36. The van der Waals surface area contributed by atoms with Crippen molar-refractivity contribution in [3.63, 3.8) is 0 Å². The van der Waals surface area contributed by atoms with Crippen LogP contribution in [0.2, 0.25) is 10.0 Å². The van der Waals surface area contributed by atoms with Gasteiger partial charge in [-0.3, -0.25) is 29.5 Å². The van der Waals surface area contributed by atoms with Gasteiger partial charge in [-0.05, 0) is 85.2 Å². The monoisotopic (exact) mass is 713 g/mol. The summed E-state index contributed by atoms with van der Waals surface area (Å²) in [5.41, 5.74) is 3.92. The summed E-state index contributed by atoms with van der Waals surface area (Å²) < 4.78 is 5.46. The number of benzene rings is 3. The number of phenols is 1. The molecule has 258 valence electrons. The van der Waals surface area contributed by atoms with Crippen LogP contribution >= 0.6 is 23.2 Å². The van der Waals surface area contributed by atoms with E-state index in [1.54, 1.807) is 49.6 Å². The number of halogens is 2. The minimum absolute atomic E-state index is 0.00985. The van der Waals surface area contributed by atoms with Crippen molar-refractivity contribution in [3.8, 4) is 11.5 Å². The molecule has 11 heteroatoms. The van der Waals surface area contributed by atoms with Gasteiger partial charge in [0.25, 0.3) is 11.8 Å². The van der Waals surface area contributed by atoms with Crippen molar-refractivity contribution in [3.05, 3.63) is 99.6 Å². The predicted molar refractivity (Wildman–Crippen MR) is 187 cm³/mol. The van der Waals surface area contributed by atoms with Crippen LogP contribution in [0.1, 0.15) is 62.0 Å². The Hall–Kier alpha value is -4.34. The minimum Gasteiger partial charge on any atom is -0.508 e. The number of nitrogens with one attached hydrogen (secondary N) is 1. The number of carbonyl (C=O) groups excluding carboxylic acids is 4. The van der Waals surface area contributed by atoms with Crippen LogP contribution < -0.4 is 10.2 Å². The lowest BCUT2D eigenvalue weighted by molar-refractivity contribution is -0.144. The molecule has 2 saturated heterocycles. The fourth-order valence-corrected chi connectivity index (χ4v) is 10.1. The summed E-state index contributed by atoms with van der Waals surface area (Å²) in [6.07, 6.45) is 7.23. The molecule has 2 aliphatic heterocycles. The van der Waals surface area contributed by atoms with Gasteiger partial charge in [0.15, 0.2) is 0 Å². The molecule has 2 saturated carbocycles. The van der Waals surface area contributed by atoms with Crippen molar-refractivity contribution in [2.75, 3.05) is 12.5 Å². The highest BCUT2D eigenvalue weighted by Crippen LogP contribution is 2.64. The second kappa shape index (κ2) is 12.5. The van der Waals surface area contributed by atoms with Crippen LogP contribution in [0, 0.1) is 23.7 Å². The van der Waals surface area contributed by atoms with E-state index < -0.39 is 46.8 Å². The molecule has 9 nitrogen and oxygen atoms in total. The number of imide groups is 2. The van der Waals surface area contributed by atoms with Gasteiger partial charge in [0.2, 0.25) is 11.8 Å². The molecule has 0 bridgehead atoms. The third-order valence-corrected chi connectivity index (χ3v) is 12.3. The van der Waals surface area contributed by atoms with E-state index in [9.17, 15) is 19.5 Å². The highest BCUT2D eigenvalue weighted by atomic mass is 35.5. The fraction of sp³-hybridized carbons (Fsp3) is 0.385. The molecule has 0 spiro atoms. The number of hydrazine groups is 1. The molecule has 0 unspecified atom stereocenters. The van der Waals surface area contributed by atoms with E-state index in [1.807, 2.05) is 24.3 Å². The first-order valence-electron chi connectivity index (χ1n) is 17.3. The van der Waals surface area contributed by atoms with Crippen molar-refractivity contribution in [2.45, 2.75) is 62.3 Å². The summed E-state index contributed by atoms with van der Waals surface area (Å²) in [6, 6.07) is 18.6. The number of nitrogens with zero attached hydrogens (tertiary/aromatic N) is 2. The number of rotatable bonds is 6. The molecule has 3 aromatic rings. The van der Waals surface area contributed by atoms with Crippen molar-refractivity contribution >= 4 is 52.5 Å². The first-order valence-corrected chi connectivity index (χ1v) is 18.0. The Morgan fingerprint density at radius 3 is 2.34 bits per heavy atom. The van der Waals surface area contributed by atoms with Gasteiger partial charge in [-0.25, -0.2) is 0 Å². The molecule has 3 aliphatic carbocycles. The Morgan fingerprint density at radius 2 is 1.64 bits per heavy atom. The SMILES string of the molecule is COc1ccc([C@@]23C(=O)N(Nc4ccc(Cl)cc4Cl)C(=O)[C@@H]2C[C@@H]2C(=CC[C@@H]4C(=O)N(C5CCCCC5)C(=O)[C@@H]42)[C@@H]3c2cccc(O)c2)cc1. The van der Waals surface area contributed by atoms with Gasteiger partial charge in [0.1, 0.15) is 11.5 Å². The quantitative estimate of drug-likeness (QED) is 0.208. The molecule has 8 rings (SSSR count). The van der Waals surface area contributed by atoms with Crippen LogP contribution in [-0.2, 0) is 24.6 Å². The number of allylic oxidation sites excluding steroid dienone is 2. The molecule has 2 N–H and O–H groups in total. The van der Waals surface area contributed by atoms with Crippen LogP contribution in [0.5, 0.6) is 11.5 Å². The second-order valence-electron chi connectivity index (χ2n) is 14.1. The van der Waals surface area contributed by atoms with Gasteiger partial charge in [-0.2, -0.15) is 5.01 Å². The number of amides is 4.